The molecule has 0 fully saturated rings. The van der Waals surface area contributed by atoms with Crippen LogP contribution in [0.1, 0.15) is 24.8 Å². The first kappa shape index (κ1) is 11.0. The molecule has 2 aliphatic rings. The summed E-state index contributed by atoms with van der Waals surface area (Å²) in [4.78, 5) is 0. The molecule has 0 aromatic heterocycles. The van der Waals surface area contributed by atoms with Crippen LogP contribution in [0.5, 0.6) is 0 Å². The zero-order chi connectivity index (χ0) is 12.5. The lowest BCUT2D eigenvalue weighted by Gasteiger charge is -2.11. The fourth-order valence-corrected chi connectivity index (χ4v) is 2.86. The lowest BCUT2D eigenvalue weighted by atomic mass is 9.93. The number of benzene rings is 1. The summed E-state index contributed by atoms with van der Waals surface area (Å²) in [5.41, 5.74) is 4.83. The van der Waals surface area contributed by atoms with E-state index in [4.69, 9.17) is 0 Å². The summed E-state index contributed by atoms with van der Waals surface area (Å²) in [6.45, 7) is 2.09. The first-order valence-electron chi connectivity index (χ1n) is 6.39. The number of nitrogens with zero attached hydrogens (tertiary/aromatic N) is 1. The van der Waals surface area contributed by atoms with E-state index in [9.17, 15) is 5.26 Å². The van der Waals surface area contributed by atoms with Crippen molar-refractivity contribution in [1.82, 2.24) is 0 Å². The SMILES string of the molecule is Cc1cccc2c1=C(C#N)CC1=C(C=CCC1)C=2. The third-order valence-corrected chi connectivity index (χ3v) is 3.76. The topological polar surface area (TPSA) is 23.8 Å². The predicted octanol–water partition coefficient (Wildman–Crippen LogP) is 2.50. The quantitative estimate of drug-likeness (QED) is 0.675. The van der Waals surface area contributed by atoms with Gasteiger partial charge in [0.15, 0.2) is 0 Å². The molecule has 1 heteroatoms. The monoisotopic (exact) mass is 233 g/mol. The summed E-state index contributed by atoms with van der Waals surface area (Å²) in [5, 5.41) is 11.8. The minimum absolute atomic E-state index is 0.810. The van der Waals surface area contributed by atoms with Crippen LogP contribution in [-0.2, 0) is 0 Å². The Morgan fingerprint density at radius 3 is 3.00 bits per heavy atom. The normalized spacial score (nSPS) is 17.4. The molecule has 0 saturated heterocycles. The van der Waals surface area contributed by atoms with Crippen molar-refractivity contribution in [3.8, 4) is 6.07 Å². The highest BCUT2D eigenvalue weighted by atomic mass is 14.3. The molecule has 0 atom stereocenters. The van der Waals surface area contributed by atoms with Crippen LogP contribution in [0, 0.1) is 18.3 Å². The number of fused-ring (bicyclic) bond motifs is 1. The molecule has 0 bridgehead atoms. The minimum atomic E-state index is 0.810. The van der Waals surface area contributed by atoms with Crippen molar-refractivity contribution in [3.63, 3.8) is 0 Å². The van der Waals surface area contributed by atoms with E-state index >= 15 is 0 Å². The van der Waals surface area contributed by atoms with Crippen LogP contribution in [-0.4, -0.2) is 0 Å². The molecule has 0 N–H and O–H groups in total. The van der Waals surface area contributed by atoms with Crippen molar-refractivity contribution in [2.75, 3.05) is 0 Å². The Labute approximate surface area is 107 Å². The van der Waals surface area contributed by atoms with Crippen molar-refractivity contribution >= 4 is 11.6 Å². The molecule has 0 saturated carbocycles. The van der Waals surface area contributed by atoms with Gasteiger partial charge in [0.05, 0.1) is 6.07 Å². The predicted molar refractivity (Wildman–Crippen MR) is 73.9 cm³/mol. The molecule has 2 aliphatic carbocycles. The Morgan fingerprint density at radius 2 is 2.17 bits per heavy atom. The first-order valence-corrected chi connectivity index (χ1v) is 6.39. The highest BCUT2D eigenvalue weighted by molar-refractivity contribution is 5.70. The Morgan fingerprint density at radius 1 is 1.28 bits per heavy atom. The van der Waals surface area contributed by atoms with Gasteiger partial charge in [0.2, 0.25) is 0 Å². The third-order valence-electron chi connectivity index (χ3n) is 3.76. The molecular formula is C17H15N. The Balaban J connectivity index is 2.38. The van der Waals surface area contributed by atoms with E-state index in [2.05, 4.69) is 49.4 Å². The fourth-order valence-electron chi connectivity index (χ4n) is 2.86. The largest absolute Gasteiger partial charge is 0.193 e. The first-order chi connectivity index (χ1) is 8.79. The molecule has 0 aliphatic heterocycles. The van der Waals surface area contributed by atoms with Gasteiger partial charge >= 0.3 is 0 Å². The molecule has 0 unspecified atom stereocenters. The van der Waals surface area contributed by atoms with Gasteiger partial charge in [-0.15, -0.1) is 0 Å². The van der Waals surface area contributed by atoms with E-state index in [0.717, 1.165) is 30.1 Å². The van der Waals surface area contributed by atoms with Gasteiger partial charge in [-0.05, 0) is 47.4 Å². The third kappa shape index (κ3) is 1.71. The van der Waals surface area contributed by atoms with Crippen LogP contribution in [0.3, 0.4) is 0 Å². The molecule has 0 radical (unpaired) electrons. The van der Waals surface area contributed by atoms with E-state index in [1.807, 2.05) is 0 Å². The minimum Gasteiger partial charge on any atom is -0.193 e. The maximum absolute atomic E-state index is 9.44. The van der Waals surface area contributed by atoms with Crippen LogP contribution >= 0.6 is 0 Å². The molecule has 0 amide bonds. The molecular weight excluding hydrogens is 218 g/mol. The number of hydrogen-bond donors (Lipinski definition) is 0. The molecule has 3 rings (SSSR count). The molecule has 18 heavy (non-hydrogen) atoms. The van der Waals surface area contributed by atoms with Crippen molar-refractivity contribution < 1.29 is 0 Å². The van der Waals surface area contributed by atoms with Gasteiger partial charge in [-0.25, -0.2) is 0 Å². The summed E-state index contributed by atoms with van der Waals surface area (Å²) in [6.07, 6.45) is 9.65. The average Bonchev–Trinajstić information content (AvgIpc) is 2.55. The number of allylic oxidation sites excluding steroid dienone is 4. The second-order valence-electron chi connectivity index (χ2n) is 4.95. The number of rotatable bonds is 0. The lowest BCUT2D eigenvalue weighted by Crippen LogP contribution is -2.28. The van der Waals surface area contributed by atoms with E-state index in [0.29, 0.717) is 0 Å². The van der Waals surface area contributed by atoms with Gasteiger partial charge in [0.25, 0.3) is 0 Å². The van der Waals surface area contributed by atoms with Crippen LogP contribution in [0.15, 0.2) is 41.5 Å². The van der Waals surface area contributed by atoms with Crippen LogP contribution in [0.25, 0.3) is 11.6 Å². The second-order valence-corrected chi connectivity index (χ2v) is 4.95. The highest BCUT2D eigenvalue weighted by Gasteiger charge is 2.13. The fraction of sp³-hybridized carbons (Fsp3) is 0.235. The van der Waals surface area contributed by atoms with Crippen molar-refractivity contribution in [3.05, 3.63) is 57.5 Å². The summed E-state index contributed by atoms with van der Waals surface area (Å²) in [7, 11) is 0. The molecule has 0 heterocycles. The van der Waals surface area contributed by atoms with Crippen LogP contribution < -0.4 is 10.4 Å². The number of aryl methyl sites for hydroxylation is 1. The number of hydrogen-bond acceptors (Lipinski definition) is 1. The maximum Gasteiger partial charge on any atom is 0.0957 e. The van der Waals surface area contributed by atoms with Gasteiger partial charge in [-0.3, -0.25) is 0 Å². The van der Waals surface area contributed by atoms with Gasteiger partial charge in [-0.2, -0.15) is 5.26 Å². The molecule has 1 aromatic carbocycles. The molecule has 88 valence electrons. The van der Waals surface area contributed by atoms with Crippen LogP contribution in [0.4, 0.5) is 0 Å². The standard InChI is InChI=1S/C17H15N/c1-12-5-4-8-15-9-13-6-2-3-7-14(13)10-16(11-18)17(12)15/h2,4-6,8-9H,3,7,10H2,1H3. The zero-order valence-electron chi connectivity index (χ0n) is 10.5. The van der Waals surface area contributed by atoms with Gasteiger partial charge < -0.3 is 0 Å². The van der Waals surface area contributed by atoms with Crippen LogP contribution in [0.2, 0.25) is 0 Å². The van der Waals surface area contributed by atoms with E-state index in [-0.39, 0.29) is 0 Å². The average molecular weight is 233 g/mol. The summed E-state index contributed by atoms with van der Waals surface area (Å²) in [5.74, 6) is 0. The molecule has 1 nitrogen and oxygen atoms in total. The maximum atomic E-state index is 9.44. The Bertz CT molecular complexity index is 724. The lowest BCUT2D eigenvalue weighted by molar-refractivity contribution is 0.923. The summed E-state index contributed by atoms with van der Waals surface area (Å²) in [6, 6.07) is 8.68. The van der Waals surface area contributed by atoms with Crippen molar-refractivity contribution in [2.45, 2.75) is 26.2 Å². The Hall–Kier alpha value is -2.07. The summed E-state index contributed by atoms with van der Waals surface area (Å²) >= 11 is 0. The number of nitriles is 1. The van der Waals surface area contributed by atoms with Gasteiger partial charge in [-0.1, -0.05) is 35.9 Å². The zero-order valence-corrected chi connectivity index (χ0v) is 10.5. The second kappa shape index (κ2) is 4.31. The van der Waals surface area contributed by atoms with Crippen molar-refractivity contribution in [2.24, 2.45) is 0 Å². The highest BCUT2D eigenvalue weighted by Crippen LogP contribution is 2.26. The van der Waals surface area contributed by atoms with Gasteiger partial charge in [0.1, 0.15) is 0 Å². The van der Waals surface area contributed by atoms with E-state index < -0.39 is 0 Å². The summed E-state index contributed by atoms with van der Waals surface area (Å²) < 4.78 is 0. The molecule has 1 aromatic rings. The van der Waals surface area contributed by atoms with E-state index in [1.54, 1.807) is 0 Å². The molecule has 0 spiro atoms. The Kier molecular flexibility index (Phi) is 2.64. The van der Waals surface area contributed by atoms with Crippen molar-refractivity contribution in [1.29, 1.82) is 5.26 Å². The van der Waals surface area contributed by atoms with E-state index in [1.165, 1.54) is 21.9 Å². The smallest absolute Gasteiger partial charge is 0.0957 e. The van der Waals surface area contributed by atoms with Gasteiger partial charge in [0, 0.05) is 12.0 Å².